The van der Waals surface area contributed by atoms with Crippen molar-refractivity contribution in [2.24, 2.45) is 7.05 Å². The molecule has 0 aromatic carbocycles. The first-order valence-corrected chi connectivity index (χ1v) is 5.72. The molecule has 2 rings (SSSR count). The van der Waals surface area contributed by atoms with Crippen LogP contribution in [0, 0.1) is 6.92 Å². The van der Waals surface area contributed by atoms with Gasteiger partial charge in [-0.3, -0.25) is 0 Å². The molecule has 4 nitrogen and oxygen atoms in total. The largest absolute Gasteiger partial charge is 0.461 e. The normalized spacial score (nSPS) is 10.8. The SMILES string of the molecule is CCOC(=O)c1c(C)c2ccnc(Cl)c2n1C. The van der Waals surface area contributed by atoms with Gasteiger partial charge >= 0.3 is 5.97 Å². The Kier molecular flexibility index (Phi) is 3.07. The molecular weight excluding hydrogens is 240 g/mol. The lowest BCUT2D eigenvalue weighted by atomic mass is 10.2. The van der Waals surface area contributed by atoms with E-state index in [0.717, 1.165) is 16.5 Å². The molecular formula is C12H13ClN2O2. The average Bonchev–Trinajstić information content (AvgIpc) is 2.53. The number of nitrogens with zero attached hydrogens (tertiary/aromatic N) is 2. The van der Waals surface area contributed by atoms with E-state index in [1.165, 1.54) is 0 Å². The molecule has 0 atom stereocenters. The first-order chi connectivity index (χ1) is 8.07. The zero-order valence-electron chi connectivity index (χ0n) is 9.95. The van der Waals surface area contributed by atoms with Gasteiger partial charge in [0.1, 0.15) is 5.69 Å². The minimum Gasteiger partial charge on any atom is -0.461 e. The predicted molar refractivity (Wildman–Crippen MR) is 66.4 cm³/mol. The monoisotopic (exact) mass is 252 g/mol. The van der Waals surface area contributed by atoms with Crippen LogP contribution in [0.1, 0.15) is 23.0 Å². The van der Waals surface area contributed by atoms with Crippen LogP contribution in [0.3, 0.4) is 0 Å². The summed E-state index contributed by atoms with van der Waals surface area (Å²) in [5, 5.41) is 1.32. The summed E-state index contributed by atoms with van der Waals surface area (Å²) in [6.45, 7) is 4.01. The van der Waals surface area contributed by atoms with Crippen molar-refractivity contribution in [3.05, 3.63) is 28.7 Å². The van der Waals surface area contributed by atoms with Gasteiger partial charge in [0.15, 0.2) is 5.15 Å². The highest BCUT2D eigenvalue weighted by Gasteiger charge is 2.20. The van der Waals surface area contributed by atoms with Crippen molar-refractivity contribution in [2.75, 3.05) is 6.61 Å². The fourth-order valence-electron chi connectivity index (χ4n) is 2.03. The lowest BCUT2D eigenvalue weighted by Gasteiger charge is -2.04. The molecule has 0 saturated heterocycles. The van der Waals surface area contributed by atoms with E-state index in [1.54, 1.807) is 24.7 Å². The second-order valence-corrected chi connectivity index (χ2v) is 4.11. The maximum atomic E-state index is 11.9. The quantitative estimate of drug-likeness (QED) is 0.610. The molecule has 90 valence electrons. The van der Waals surface area contributed by atoms with Crippen molar-refractivity contribution in [1.82, 2.24) is 9.55 Å². The number of rotatable bonds is 2. The third-order valence-corrected chi connectivity index (χ3v) is 3.06. The Bertz CT molecular complexity index is 590. The minimum absolute atomic E-state index is 0.334. The molecule has 5 heteroatoms. The molecule has 0 aliphatic carbocycles. The van der Waals surface area contributed by atoms with E-state index in [-0.39, 0.29) is 5.97 Å². The van der Waals surface area contributed by atoms with Gasteiger partial charge in [-0.15, -0.1) is 0 Å². The molecule has 0 unspecified atom stereocenters. The Morgan fingerprint density at radius 1 is 1.59 bits per heavy atom. The fraction of sp³-hybridized carbons (Fsp3) is 0.333. The van der Waals surface area contributed by atoms with E-state index in [0.29, 0.717) is 17.5 Å². The fourth-order valence-corrected chi connectivity index (χ4v) is 2.32. The molecule has 17 heavy (non-hydrogen) atoms. The van der Waals surface area contributed by atoms with Crippen molar-refractivity contribution in [3.63, 3.8) is 0 Å². The first-order valence-electron chi connectivity index (χ1n) is 5.34. The van der Waals surface area contributed by atoms with Crippen LogP contribution in [0.15, 0.2) is 12.3 Å². The van der Waals surface area contributed by atoms with E-state index < -0.39 is 0 Å². The highest BCUT2D eigenvalue weighted by atomic mass is 35.5. The van der Waals surface area contributed by atoms with E-state index in [9.17, 15) is 4.79 Å². The van der Waals surface area contributed by atoms with Crippen LogP contribution >= 0.6 is 11.6 Å². The van der Waals surface area contributed by atoms with Crippen molar-refractivity contribution in [3.8, 4) is 0 Å². The number of esters is 1. The van der Waals surface area contributed by atoms with Crippen LogP contribution in [-0.2, 0) is 11.8 Å². The molecule has 0 N–H and O–H groups in total. The average molecular weight is 253 g/mol. The summed E-state index contributed by atoms with van der Waals surface area (Å²) in [4.78, 5) is 15.9. The van der Waals surface area contributed by atoms with Gasteiger partial charge in [-0.2, -0.15) is 0 Å². The molecule has 0 fully saturated rings. The van der Waals surface area contributed by atoms with Crippen LogP contribution in [0.4, 0.5) is 0 Å². The lowest BCUT2D eigenvalue weighted by molar-refractivity contribution is 0.0515. The summed E-state index contributed by atoms with van der Waals surface area (Å²) in [7, 11) is 1.79. The molecule has 0 saturated carbocycles. The van der Waals surface area contributed by atoms with Gasteiger partial charge < -0.3 is 9.30 Å². The van der Waals surface area contributed by atoms with Crippen molar-refractivity contribution in [2.45, 2.75) is 13.8 Å². The Morgan fingerprint density at radius 2 is 2.29 bits per heavy atom. The highest BCUT2D eigenvalue weighted by Crippen LogP contribution is 2.28. The molecule has 2 aromatic heterocycles. The standard InChI is InChI=1S/C12H13ClN2O2/c1-4-17-12(16)9-7(2)8-5-6-14-11(13)10(8)15(9)3/h5-6H,4H2,1-3H3. The van der Waals surface area contributed by atoms with Crippen molar-refractivity contribution < 1.29 is 9.53 Å². The topological polar surface area (TPSA) is 44.1 Å². The highest BCUT2D eigenvalue weighted by molar-refractivity contribution is 6.34. The molecule has 0 bridgehead atoms. The number of carbonyl (C=O) groups excluding carboxylic acids is 1. The number of pyridine rings is 1. The zero-order chi connectivity index (χ0) is 12.6. The second-order valence-electron chi connectivity index (χ2n) is 3.75. The summed E-state index contributed by atoms with van der Waals surface area (Å²) in [6.07, 6.45) is 1.63. The maximum Gasteiger partial charge on any atom is 0.355 e. The first kappa shape index (κ1) is 11.9. The number of halogens is 1. The van der Waals surface area contributed by atoms with Crippen LogP contribution in [0.25, 0.3) is 10.9 Å². The van der Waals surface area contributed by atoms with E-state index in [2.05, 4.69) is 4.98 Å². The number of aryl methyl sites for hydroxylation is 2. The van der Waals surface area contributed by atoms with Gasteiger partial charge in [0.05, 0.1) is 12.1 Å². The Labute approximate surface area is 104 Å². The van der Waals surface area contributed by atoms with Gasteiger partial charge in [-0.05, 0) is 25.5 Å². The van der Waals surface area contributed by atoms with Crippen molar-refractivity contribution in [1.29, 1.82) is 0 Å². The second kappa shape index (κ2) is 4.37. The van der Waals surface area contributed by atoms with E-state index in [4.69, 9.17) is 16.3 Å². The summed E-state index contributed by atoms with van der Waals surface area (Å²) in [5.74, 6) is -0.334. The molecule has 0 spiro atoms. The summed E-state index contributed by atoms with van der Waals surface area (Å²) in [6, 6.07) is 1.85. The molecule has 2 heterocycles. The van der Waals surface area contributed by atoms with Crippen LogP contribution in [0.2, 0.25) is 5.15 Å². The predicted octanol–water partition coefficient (Wildman–Crippen LogP) is 2.71. The smallest absolute Gasteiger partial charge is 0.355 e. The summed E-state index contributed by atoms with van der Waals surface area (Å²) >= 11 is 6.05. The zero-order valence-corrected chi connectivity index (χ0v) is 10.7. The molecule has 0 aliphatic heterocycles. The molecule has 0 radical (unpaired) electrons. The molecule has 2 aromatic rings. The molecule has 0 amide bonds. The Balaban J connectivity index is 2.73. The minimum atomic E-state index is -0.334. The van der Waals surface area contributed by atoms with Crippen LogP contribution < -0.4 is 0 Å². The summed E-state index contributed by atoms with van der Waals surface area (Å²) < 4.78 is 6.77. The van der Waals surface area contributed by atoms with Gasteiger partial charge in [0, 0.05) is 18.6 Å². The third kappa shape index (κ3) is 1.78. The number of aromatic nitrogens is 2. The van der Waals surface area contributed by atoms with Crippen molar-refractivity contribution >= 4 is 28.5 Å². The molecule has 0 aliphatic rings. The van der Waals surface area contributed by atoms with E-state index in [1.807, 2.05) is 13.0 Å². The number of ether oxygens (including phenoxy) is 1. The maximum absolute atomic E-state index is 11.9. The Hall–Kier alpha value is -1.55. The summed E-state index contributed by atoms with van der Waals surface area (Å²) in [5.41, 5.74) is 2.15. The van der Waals surface area contributed by atoms with E-state index >= 15 is 0 Å². The third-order valence-electron chi connectivity index (χ3n) is 2.78. The lowest BCUT2D eigenvalue weighted by Crippen LogP contribution is -2.11. The van der Waals surface area contributed by atoms with Gasteiger partial charge in [0.2, 0.25) is 0 Å². The Morgan fingerprint density at radius 3 is 2.88 bits per heavy atom. The van der Waals surface area contributed by atoms with Gasteiger partial charge in [-0.1, -0.05) is 11.6 Å². The van der Waals surface area contributed by atoms with Crippen LogP contribution in [-0.4, -0.2) is 22.1 Å². The number of carbonyl (C=O) groups is 1. The number of hydrogen-bond acceptors (Lipinski definition) is 3. The van der Waals surface area contributed by atoms with Gasteiger partial charge in [0.25, 0.3) is 0 Å². The number of hydrogen-bond donors (Lipinski definition) is 0. The van der Waals surface area contributed by atoms with Gasteiger partial charge in [-0.25, -0.2) is 9.78 Å². The van der Waals surface area contributed by atoms with Crippen LogP contribution in [0.5, 0.6) is 0 Å². The number of fused-ring (bicyclic) bond motifs is 1.